The minimum atomic E-state index is -4.65. The Kier molecular flexibility index (Phi) is 5.75. The molecule has 0 aliphatic carbocycles. The summed E-state index contributed by atoms with van der Waals surface area (Å²) in [6.07, 6.45) is -1.08. The highest BCUT2D eigenvalue weighted by Gasteiger charge is 2.35. The number of alkyl halides is 3. The molecule has 0 atom stereocenters. The number of benzene rings is 2. The minimum Gasteiger partial charge on any atom is -0.288 e. The Labute approximate surface area is 189 Å². The quantitative estimate of drug-likeness (QED) is 0.576. The van der Waals surface area contributed by atoms with E-state index in [0.717, 1.165) is 22.8 Å². The van der Waals surface area contributed by atoms with Gasteiger partial charge in [-0.15, -0.1) is 0 Å². The van der Waals surface area contributed by atoms with E-state index in [4.69, 9.17) is 5.14 Å². The van der Waals surface area contributed by atoms with Crippen LogP contribution in [-0.2, 0) is 16.2 Å². The van der Waals surface area contributed by atoms with Gasteiger partial charge in [-0.25, -0.2) is 18.2 Å². The Balaban J connectivity index is 1.94. The van der Waals surface area contributed by atoms with E-state index in [0.29, 0.717) is 12.1 Å². The van der Waals surface area contributed by atoms with Gasteiger partial charge in [-0.3, -0.25) is 4.99 Å². The number of allylic oxidation sites excluding steroid dienone is 1. The Morgan fingerprint density at radius 1 is 1.06 bits per heavy atom. The summed E-state index contributed by atoms with van der Waals surface area (Å²) >= 11 is 0. The van der Waals surface area contributed by atoms with Crippen LogP contribution in [0.1, 0.15) is 36.6 Å². The van der Waals surface area contributed by atoms with Gasteiger partial charge < -0.3 is 0 Å². The third-order valence-electron chi connectivity index (χ3n) is 5.37. The molecular formula is C23H21F3N4O2S. The molecule has 0 fully saturated rings. The lowest BCUT2D eigenvalue weighted by atomic mass is 9.91. The van der Waals surface area contributed by atoms with Crippen molar-refractivity contribution < 1.29 is 21.6 Å². The third kappa shape index (κ3) is 4.62. The first-order valence-corrected chi connectivity index (χ1v) is 11.6. The third-order valence-corrected chi connectivity index (χ3v) is 6.30. The monoisotopic (exact) mass is 474 g/mol. The summed E-state index contributed by atoms with van der Waals surface area (Å²) < 4.78 is 65.2. The first-order valence-electron chi connectivity index (χ1n) is 10.1. The highest BCUT2D eigenvalue weighted by Crippen LogP contribution is 2.37. The minimum absolute atomic E-state index is 0.0327. The Bertz CT molecular complexity index is 1370. The van der Waals surface area contributed by atoms with Gasteiger partial charge in [0, 0.05) is 11.8 Å². The number of hydrogen-bond donors (Lipinski definition) is 1. The average molecular weight is 475 g/mol. The molecule has 1 aromatic heterocycles. The molecule has 172 valence electrons. The van der Waals surface area contributed by atoms with Crippen LogP contribution >= 0.6 is 0 Å². The number of halogens is 3. The van der Waals surface area contributed by atoms with Gasteiger partial charge in [-0.1, -0.05) is 26.0 Å². The van der Waals surface area contributed by atoms with Gasteiger partial charge >= 0.3 is 6.18 Å². The summed E-state index contributed by atoms with van der Waals surface area (Å²) in [4.78, 5) is 4.04. The molecule has 0 bridgehead atoms. The number of hydrogen-bond acceptors (Lipinski definition) is 4. The number of primary sulfonamides is 1. The van der Waals surface area contributed by atoms with Crippen LogP contribution in [0.4, 0.5) is 13.2 Å². The first-order chi connectivity index (χ1) is 15.4. The Hall–Kier alpha value is -3.24. The molecule has 2 N–H and O–H groups in total. The van der Waals surface area contributed by atoms with Crippen LogP contribution < -0.4 is 5.14 Å². The summed E-state index contributed by atoms with van der Waals surface area (Å²) in [6.45, 7) is 4.42. The lowest BCUT2D eigenvalue weighted by molar-refractivity contribution is -0.141. The van der Waals surface area contributed by atoms with Crippen LogP contribution in [0.2, 0.25) is 0 Å². The van der Waals surface area contributed by atoms with Gasteiger partial charge in [0.15, 0.2) is 5.69 Å². The normalized spacial score (nSPS) is 14.2. The molecule has 0 radical (unpaired) electrons. The molecule has 1 aliphatic heterocycles. The smallest absolute Gasteiger partial charge is 0.288 e. The first kappa shape index (κ1) is 22.9. The van der Waals surface area contributed by atoms with E-state index in [1.54, 1.807) is 6.21 Å². The number of aliphatic imine (C=N–C) groups is 1. The van der Waals surface area contributed by atoms with Crippen molar-refractivity contribution in [1.29, 1.82) is 0 Å². The van der Waals surface area contributed by atoms with Crippen molar-refractivity contribution in [2.75, 3.05) is 6.54 Å². The fourth-order valence-corrected chi connectivity index (χ4v) is 4.22. The van der Waals surface area contributed by atoms with E-state index in [9.17, 15) is 21.6 Å². The van der Waals surface area contributed by atoms with Crippen molar-refractivity contribution in [3.8, 4) is 16.9 Å². The highest BCUT2D eigenvalue weighted by atomic mass is 32.2. The van der Waals surface area contributed by atoms with Crippen molar-refractivity contribution >= 4 is 21.8 Å². The standard InChI is InChI=1S/C23H21F3N4O2S/c1-14(2)19-8-3-15(16-9-10-28-13-16)11-20(19)21-12-22(23(24,25)26)29-30(21)17-4-6-18(7-5-17)33(27,31)32/h3-12,14H,13H2,1-2H3,(H2,27,31,32). The molecule has 33 heavy (non-hydrogen) atoms. The highest BCUT2D eigenvalue weighted by molar-refractivity contribution is 7.89. The number of nitrogens with two attached hydrogens (primary N) is 1. The lowest BCUT2D eigenvalue weighted by Gasteiger charge is -2.17. The predicted octanol–water partition coefficient (Wildman–Crippen LogP) is 4.80. The molecular weight excluding hydrogens is 453 g/mol. The van der Waals surface area contributed by atoms with Crippen molar-refractivity contribution in [2.45, 2.75) is 30.8 Å². The second kappa shape index (κ2) is 8.27. The molecule has 10 heteroatoms. The number of rotatable bonds is 5. The molecule has 2 aromatic carbocycles. The van der Waals surface area contributed by atoms with Gasteiger partial charge in [0.1, 0.15) is 0 Å². The second-order valence-electron chi connectivity index (χ2n) is 8.00. The molecule has 0 unspecified atom stereocenters. The summed E-state index contributed by atoms with van der Waals surface area (Å²) in [5.74, 6) is 0.0327. The van der Waals surface area contributed by atoms with Gasteiger partial charge in [0.25, 0.3) is 0 Å². The van der Waals surface area contributed by atoms with E-state index < -0.39 is 21.9 Å². The van der Waals surface area contributed by atoms with Crippen LogP contribution in [0.5, 0.6) is 0 Å². The Morgan fingerprint density at radius 3 is 2.30 bits per heavy atom. The number of sulfonamides is 1. The molecule has 6 nitrogen and oxygen atoms in total. The maximum Gasteiger partial charge on any atom is 0.435 e. The van der Waals surface area contributed by atoms with Gasteiger partial charge in [-0.05, 0) is 65.1 Å². The summed E-state index contributed by atoms with van der Waals surface area (Å²) in [6, 6.07) is 11.9. The van der Waals surface area contributed by atoms with Crippen LogP contribution in [0, 0.1) is 0 Å². The zero-order chi connectivity index (χ0) is 24.0. The summed E-state index contributed by atoms with van der Waals surface area (Å²) in [5, 5.41) is 8.96. The zero-order valence-corrected chi connectivity index (χ0v) is 18.7. The predicted molar refractivity (Wildman–Crippen MR) is 121 cm³/mol. The second-order valence-corrected chi connectivity index (χ2v) is 9.56. The topological polar surface area (TPSA) is 90.3 Å². The average Bonchev–Trinajstić information content (AvgIpc) is 3.43. The van der Waals surface area contributed by atoms with Crippen molar-refractivity contribution in [3.05, 3.63) is 71.4 Å². The van der Waals surface area contributed by atoms with Crippen LogP contribution in [0.25, 0.3) is 22.5 Å². The van der Waals surface area contributed by atoms with Crippen LogP contribution in [-0.4, -0.2) is 31.0 Å². The van der Waals surface area contributed by atoms with Crippen molar-refractivity contribution in [1.82, 2.24) is 9.78 Å². The molecule has 0 saturated carbocycles. The molecule has 1 aliphatic rings. The summed E-state index contributed by atoms with van der Waals surface area (Å²) in [7, 11) is -3.94. The van der Waals surface area contributed by atoms with Gasteiger partial charge in [0.05, 0.1) is 22.8 Å². The van der Waals surface area contributed by atoms with Gasteiger partial charge in [0.2, 0.25) is 10.0 Å². The van der Waals surface area contributed by atoms with Crippen molar-refractivity contribution in [2.24, 2.45) is 10.1 Å². The van der Waals surface area contributed by atoms with Crippen LogP contribution in [0.3, 0.4) is 0 Å². The lowest BCUT2D eigenvalue weighted by Crippen LogP contribution is -2.12. The fourth-order valence-electron chi connectivity index (χ4n) is 3.70. The molecule has 4 rings (SSSR count). The van der Waals surface area contributed by atoms with Crippen molar-refractivity contribution in [3.63, 3.8) is 0 Å². The zero-order valence-electron chi connectivity index (χ0n) is 17.8. The molecule has 0 saturated heterocycles. The molecule has 0 spiro atoms. The van der Waals surface area contributed by atoms with E-state index in [1.807, 2.05) is 38.1 Å². The molecule has 2 heterocycles. The van der Waals surface area contributed by atoms with Gasteiger partial charge in [-0.2, -0.15) is 18.3 Å². The largest absolute Gasteiger partial charge is 0.435 e. The maximum atomic E-state index is 13.6. The van der Waals surface area contributed by atoms with E-state index in [1.165, 1.54) is 28.9 Å². The Morgan fingerprint density at radius 2 is 1.76 bits per heavy atom. The molecule has 0 amide bonds. The number of aromatic nitrogens is 2. The maximum absolute atomic E-state index is 13.6. The molecule has 3 aromatic rings. The SMILES string of the molecule is CC(C)c1ccc(C2=CC=NC2)cc1-c1cc(C(F)(F)F)nn1-c1ccc(S(N)(=O)=O)cc1. The van der Waals surface area contributed by atoms with E-state index in [-0.39, 0.29) is 22.2 Å². The number of nitrogens with zero attached hydrogens (tertiary/aromatic N) is 3. The van der Waals surface area contributed by atoms with E-state index in [2.05, 4.69) is 10.1 Å². The van der Waals surface area contributed by atoms with E-state index >= 15 is 0 Å². The summed E-state index contributed by atoms with van der Waals surface area (Å²) in [5.41, 5.74) is 2.76. The van der Waals surface area contributed by atoms with Crippen LogP contribution in [0.15, 0.2) is 64.5 Å². The fraction of sp³-hybridized carbons (Fsp3) is 0.217.